The molecule has 0 aliphatic heterocycles. The van der Waals surface area contributed by atoms with E-state index in [-0.39, 0.29) is 0 Å². The average Bonchev–Trinajstić information content (AvgIpc) is 3.38. The standard InChI is InChI=1S/C31H50N2O2S/c1-3-5-7-8-9-10-12-24-34-29-22-20-28(21-23-29)30-32-33-31(36-30)35-25-13-15-27-18-16-26(17-19-27)14-11-6-4-2/h20-23,26-27H,3-19,24-25H2,1-2H3. The Balaban J connectivity index is 1.26. The number of rotatable bonds is 19. The summed E-state index contributed by atoms with van der Waals surface area (Å²) in [5.74, 6) is 2.82. The maximum atomic E-state index is 5.94. The van der Waals surface area contributed by atoms with Crippen molar-refractivity contribution in [2.45, 2.75) is 123 Å². The van der Waals surface area contributed by atoms with Gasteiger partial charge in [0.2, 0.25) is 0 Å². The smallest absolute Gasteiger partial charge is 0.294 e. The minimum atomic E-state index is 0.684. The molecule has 1 aliphatic rings. The maximum absolute atomic E-state index is 5.94. The van der Waals surface area contributed by atoms with E-state index in [0.29, 0.717) is 5.19 Å². The zero-order valence-electron chi connectivity index (χ0n) is 23.0. The number of ether oxygens (including phenoxy) is 2. The van der Waals surface area contributed by atoms with Crippen molar-refractivity contribution in [1.29, 1.82) is 0 Å². The van der Waals surface area contributed by atoms with Crippen LogP contribution in [0.1, 0.15) is 123 Å². The van der Waals surface area contributed by atoms with Crippen LogP contribution in [0.15, 0.2) is 24.3 Å². The molecule has 1 heterocycles. The molecule has 1 aromatic heterocycles. The first-order valence-electron chi connectivity index (χ1n) is 15.0. The molecule has 202 valence electrons. The van der Waals surface area contributed by atoms with E-state index in [1.54, 1.807) is 0 Å². The predicted octanol–water partition coefficient (Wildman–Crippen LogP) is 9.88. The third kappa shape index (κ3) is 11.2. The van der Waals surface area contributed by atoms with Crippen LogP contribution >= 0.6 is 11.3 Å². The highest BCUT2D eigenvalue weighted by molar-refractivity contribution is 7.16. The maximum Gasteiger partial charge on any atom is 0.294 e. The highest BCUT2D eigenvalue weighted by Crippen LogP contribution is 2.34. The summed E-state index contributed by atoms with van der Waals surface area (Å²) < 4.78 is 11.9. The fourth-order valence-corrected chi connectivity index (χ4v) is 6.08. The predicted molar refractivity (Wildman–Crippen MR) is 153 cm³/mol. The number of hydrogen-bond donors (Lipinski definition) is 0. The second-order valence-electron chi connectivity index (χ2n) is 10.7. The molecule has 2 aromatic rings. The van der Waals surface area contributed by atoms with Gasteiger partial charge in [0.25, 0.3) is 5.19 Å². The van der Waals surface area contributed by atoms with Crippen molar-refractivity contribution in [1.82, 2.24) is 10.2 Å². The van der Waals surface area contributed by atoms with Crippen LogP contribution in [0.3, 0.4) is 0 Å². The number of nitrogens with zero attached hydrogens (tertiary/aromatic N) is 2. The number of hydrogen-bond acceptors (Lipinski definition) is 5. The van der Waals surface area contributed by atoms with Gasteiger partial charge in [-0.2, -0.15) is 0 Å². The van der Waals surface area contributed by atoms with Crippen molar-refractivity contribution in [2.75, 3.05) is 13.2 Å². The first-order chi connectivity index (χ1) is 17.8. The zero-order chi connectivity index (χ0) is 25.3. The minimum Gasteiger partial charge on any atom is -0.494 e. The van der Waals surface area contributed by atoms with Crippen LogP contribution in [0.25, 0.3) is 10.6 Å². The van der Waals surface area contributed by atoms with Crippen LogP contribution in [0.5, 0.6) is 10.9 Å². The highest BCUT2D eigenvalue weighted by atomic mass is 32.1. The van der Waals surface area contributed by atoms with E-state index in [1.165, 1.54) is 108 Å². The normalized spacial score (nSPS) is 17.8. The van der Waals surface area contributed by atoms with Gasteiger partial charge in [-0.15, -0.1) is 5.10 Å². The van der Waals surface area contributed by atoms with Crippen molar-refractivity contribution < 1.29 is 9.47 Å². The van der Waals surface area contributed by atoms with E-state index >= 15 is 0 Å². The van der Waals surface area contributed by atoms with Gasteiger partial charge in [0.05, 0.1) is 13.2 Å². The monoisotopic (exact) mass is 514 g/mol. The zero-order valence-corrected chi connectivity index (χ0v) is 23.8. The molecule has 0 N–H and O–H groups in total. The van der Waals surface area contributed by atoms with E-state index < -0.39 is 0 Å². The second kappa shape index (κ2) is 17.8. The Labute approximate surface area is 224 Å². The van der Waals surface area contributed by atoms with Gasteiger partial charge >= 0.3 is 0 Å². The van der Waals surface area contributed by atoms with Gasteiger partial charge in [0.1, 0.15) is 5.75 Å². The third-order valence-corrected chi connectivity index (χ3v) is 8.57. The molecule has 0 saturated heterocycles. The van der Waals surface area contributed by atoms with Gasteiger partial charge in [-0.05, 0) is 55.4 Å². The fourth-order valence-electron chi connectivity index (χ4n) is 5.35. The molecule has 1 saturated carbocycles. The van der Waals surface area contributed by atoms with Crippen LogP contribution in [-0.2, 0) is 0 Å². The highest BCUT2D eigenvalue weighted by Gasteiger charge is 2.20. The molecule has 0 unspecified atom stereocenters. The lowest BCUT2D eigenvalue weighted by Gasteiger charge is -2.28. The summed E-state index contributed by atoms with van der Waals surface area (Å²) in [5, 5.41) is 10.2. The van der Waals surface area contributed by atoms with E-state index in [1.807, 2.05) is 12.1 Å². The molecule has 0 bridgehead atoms. The minimum absolute atomic E-state index is 0.684. The molecule has 1 aliphatic carbocycles. The van der Waals surface area contributed by atoms with Gasteiger partial charge in [0, 0.05) is 5.56 Å². The van der Waals surface area contributed by atoms with Gasteiger partial charge in [-0.3, -0.25) is 0 Å². The quantitative estimate of drug-likeness (QED) is 0.175. The molecule has 0 atom stereocenters. The summed E-state index contributed by atoms with van der Waals surface area (Å²) in [5.41, 5.74) is 1.07. The van der Waals surface area contributed by atoms with Crippen LogP contribution < -0.4 is 9.47 Å². The first-order valence-corrected chi connectivity index (χ1v) is 15.8. The van der Waals surface area contributed by atoms with Crippen LogP contribution in [-0.4, -0.2) is 23.4 Å². The fraction of sp³-hybridized carbons (Fsp3) is 0.742. The summed E-state index contributed by atoms with van der Waals surface area (Å²) >= 11 is 1.53. The van der Waals surface area contributed by atoms with Crippen molar-refractivity contribution in [3.8, 4) is 21.5 Å². The van der Waals surface area contributed by atoms with Gasteiger partial charge in [0.15, 0.2) is 5.01 Å². The summed E-state index contributed by atoms with van der Waals surface area (Å²) in [7, 11) is 0. The van der Waals surface area contributed by atoms with E-state index in [4.69, 9.17) is 9.47 Å². The van der Waals surface area contributed by atoms with E-state index in [0.717, 1.165) is 54.2 Å². The van der Waals surface area contributed by atoms with Gasteiger partial charge < -0.3 is 9.47 Å². The average molecular weight is 515 g/mol. The molecule has 3 rings (SSSR count). The van der Waals surface area contributed by atoms with Crippen LogP contribution in [0, 0.1) is 11.8 Å². The summed E-state index contributed by atoms with van der Waals surface area (Å²) in [6.45, 7) is 6.10. The van der Waals surface area contributed by atoms with E-state index in [9.17, 15) is 0 Å². The molecule has 1 aromatic carbocycles. The lowest BCUT2D eigenvalue weighted by molar-refractivity contribution is 0.227. The number of unbranched alkanes of at least 4 members (excludes halogenated alkanes) is 8. The van der Waals surface area contributed by atoms with Gasteiger partial charge in [-0.1, -0.05) is 120 Å². The Morgan fingerprint density at radius 2 is 1.25 bits per heavy atom. The molecule has 5 heteroatoms. The molecule has 0 amide bonds. The molecule has 0 spiro atoms. The lowest BCUT2D eigenvalue weighted by atomic mass is 9.78. The summed E-state index contributed by atoms with van der Waals surface area (Å²) in [6, 6.07) is 8.22. The second-order valence-corrected chi connectivity index (χ2v) is 11.7. The van der Waals surface area contributed by atoms with Crippen molar-refractivity contribution >= 4 is 11.3 Å². The van der Waals surface area contributed by atoms with Crippen molar-refractivity contribution in [2.24, 2.45) is 11.8 Å². The molecule has 0 radical (unpaired) electrons. The number of aromatic nitrogens is 2. The number of benzene rings is 1. The Bertz CT molecular complexity index is 799. The first kappa shape index (κ1) is 28.9. The SMILES string of the molecule is CCCCCCCCCOc1ccc(-c2nnc(OCCCC3CCC(CCCCC)CC3)s2)cc1. The summed E-state index contributed by atoms with van der Waals surface area (Å²) in [4.78, 5) is 0. The topological polar surface area (TPSA) is 44.2 Å². The third-order valence-electron chi connectivity index (χ3n) is 7.69. The van der Waals surface area contributed by atoms with Crippen LogP contribution in [0.4, 0.5) is 0 Å². The van der Waals surface area contributed by atoms with E-state index in [2.05, 4.69) is 36.2 Å². The van der Waals surface area contributed by atoms with Crippen molar-refractivity contribution in [3.63, 3.8) is 0 Å². The Hall–Kier alpha value is -1.62. The van der Waals surface area contributed by atoms with Gasteiger partial charge in [-0.25, -0.2) is 0 Å². The lowest BCUT2D eigenvalue weighted by Crippen LogP contribution is -2.15. The summed E-state index contributed by atoms with van der Waals surface area (Å²) in [6.07, 6.45) is 22.9. The molecule has 4 nitrogen and oxygen atoms in total. The Kier molecular flexibility index (Phi) is 14.3. The largest absolute Gasteiger partial charge is 0.494 e. The Morgan fingerprint density at radius 1 is 0.667 bits per heavy atom. The van der Waals surface area contributed by atoms with Crippen molar-refractivity contribution in [3.05, 3.63) is 24.3 Å². The molecular weight excluding hydrogens is 464 g/mol. The molecular formula is C31H50N2O2S. The molecule has 1 fully saturated rings. The molecule has 36 heavy (non-hydrogen) atoms. The van der Waals surface area contributed by atoms with Crippen LogP contribution in [0.2, 0.25) is 0 Å². The Morgan fingerprint density at radius 3 is 1.94 bits per heavy atom.